The summed E-state index contributed by atoms with van der Waals surface area (Å²) in [6, 6.07) is 5.07. The number of imide groups is 1. The Kier molecular flexibility index (Phi) is 4.69. The number of likely N-dealkylation sites (tertiary alicyclic amines) is 1. The Bertz CT molecular complexity index is 590. The largest absolute Gasteiger partial charge is 0.351 e. The second kappa shape index (κ2) is 6.02. The molecule has 1 atom stereocenters. The zero-order valence-electron chi connectivity index (χ0n) is 10.5. The van der Waals surface area contributed by atoms with Crippen LogP contribution in [0.5, 0.6) is 0 Å². The summed E-state index contributed by atoms with van der Waals surface area (Å²) in [5, 5.41) is 11.8. The van der Waals surface area contributed by atoms with Gasteiger partial charge in [-0.25, -0.2) is 0 Å². The van der Waals surface area contributed by atoms with E-state index in [0.29, 0.717) is 10.6 Å². The third-order valence-corrected chi connectivity index (χ3v) is 4.80. The van der Waals surface area contributed by atoms with Crippen LogP contribution in [0.4, 0.5) is 0 Å². The molecule has 6 nitrogen and oxygen atoms in total. The summed E-state index contributed by atoms with van der Waals surface area (Å²) in [5.41, 5.74) is 0.424. The monoisotopic (exact) mass is 438 g/mol. The Balaban J connectivity index is 2.54. The zero-order valence-corrected chi connectivity index (χ0v) is 14.4. The average molecular weight is 440 g/mol. The minimum atomic E-state index is -1.87. The summed E-state index contributed by atoms with van der Waals surface area (Å²) in [4.78, 5) is 35.5. The number of rotatable bonds is 4. The van der Waals surface area contributed by atoms with Crippen LogP contribution in [-0.2, 0) is 9.59 Å². The summed E-state index contributed by atoms with van der Waals surface area (Å²) < 4.78 is -1.87. The quantitative estimate of drug-likeness (QED) is 0.237. The van der Waals surface area contributed by atoms with Gasteiger partial charge in [-0.3, -0.25) is 24.6 Å². The fraction of sp³-hybridized carbons (Fsp3) is 0.333. The van der Waals surface area contributed by atoms with Gasteiger partial charge in [0.15, 0.2) is 6.04 Å². The maximum atomic E-state index is 12.0. The van der Waals surface area contributed by atoms with Gasteiger partial charge >= 0.3 is 3.36 Å². The predicted molar refractivity (Wildman–Crippen MR) is 82.9 cm³/mol. The lowest BCUT2D eigenvalue weighted by Gasteiger charge is -2.30. The van der Waals surface area contributed by atoms with Gasteiger partial charge in [-0.1, -0.05) is 23.7 Å². The first-order valence-corrected chi connectivity index (χ1v) is 7.84. The number of nitro groups is 1. The molecule has 0 radical (unpaired) electrons. The van der Waals surface area contributed by atoms with Gasteiger partial charge in [0.2, 0.25) is 11.8 Å². The highest BCUT2D eigenvalue weighted by Crippen LogP contribution is 2.45. The van der Waals surface area contributed by atoms with Crippen LogP contribution < -0.4 is 0 Å². The lowest BCUT2D eigenvalue weighted by molar-refractivity contribution is -0.511. The van der Waals surface area contributed by atoms with Crippen molar-refractivity contribution in [2.75, 3.05) is 0 Å². The van der Waals surface area contributed by atoms with Gasteiger partial charge in [-0.2, -0.15) is 0 Å². The van der Waals surface area contributed by atoms with Gasteiger partial charge < -0.3 is 0 Å². The number of carbonyl (C=O) groups is 2. The van der Waals surface area contributed by atoms with E-state index in [9.17, 15) is 19.7 Å². The van der Waals surface area contributed by atoms with E-state index >= 15 is 0 Å². The summed E-state index contributed by atoms with van der Waals surface area (Å²) in [7, 11) is 0. The first-order chi connectivity index (χ1) is 9.75. The third-order valence-electron chi connectivity index (χ3n) is 3.11. The molecule has 0 aliphatic carbocycles. The molecule has 0 N–H and O–H groups in total. The van der Waals surface area contributed by atoms with Crippen LogP contribution in [0.25, 0.3) is 0 Å². The Morgan fingerprint density at radius 2 is 1.67 bits per heavy atom. The SMILES string of the molecule is O=C1CCC(=O)N1C(c1ccc(Cl)cc1)C(Br)(Br)[N+](=O)[O-]. The van der Waals surface area contributed by atoms with Crippen LogP contribution in [0.3, 0.4) is 0 Å². The molecule has 1 fully saturated rings. The molecule has 21 heavy (non-hydrogen) atoms. The number of benzene rings is 1. The van der Waals surface area contributed by atoms with Crippen molar-refractivity contribution < 1.29 is 14.5 Å². The van der Waals surface area contributed by atoms with Crippen molar-refractivity contribution in [2.24, 2.45) is 0 Å². The summed E-state index contributed by atoms with van der Waals surface area (Å²) in [5.74, 6) is -0.879. The average Bonchev–Trinajstić information content (AvgIpc) is 2.73. The minimum absolute atomic E-state index is 0.0523. The Morgan fingerprint density at radius 3 is 2.10 bits per heavy atom. The summed E-state index contributed by atoms with van der Waals surface area (Å²) >= 11 is 11.7. The van der Waals surface area contributed by atoms with Gasteiger partial charge in [-0.05, 0) is 17.7 Å². The van der Waals surface area contributed by atoms with Crippen LogP contribution >= 0.6 is 43.5 Å². The third kappa shape index (κ3) is 3.12. The van der Waals surface area contributed by atoms with E-state index in [1.165, 1.54) is 0 Å². The maximum absolute atomic E-state index is 12.0. The van der Waals surface area contributed by atoms with Crippen molar-refractivity contribution in [1.29, 1.82) is 0 Å². The molecule has 2 rings (SSSR count). The number of carbonyl (C=O) groups excluding carboxylic acids is 2. The number of halogens is 3. The van der Waals surface area contributed by atoms with E-state index in [4.69, 9.17) is 11.6 Å². The highest BCUT2D eigenvalue weighted by Gasteiger charge is 2.54. The maximum Gasteiger partial charge on any atom is 0.351 e. The van der Waals surface area contributed by atoms with Crippen molar-refractivity contribution in [3.63, 3.8) is 0 Å². The molecular formula is C12H9Br2ClN2O4. The van der Waals surface area contributed by atoms with Crippen molar-refractivity contribution >= 4 is 55.3 Å². The molecule has 1 unspecified atom stereocenters. The van der Waals surface area contributed by atoms with Crippen molar-refractivity contribution in [3.8, 4) is 0 Å². The van der Waals surface area contributed by atoms with Crippen LogP contribution in [0, 0.1) is 10.1 Å². The summed E-state index contributed by atoms with van der Waals surface area (Å²) in [6.07, 6.45) is 0.105. The van der Waals surface area contributed by atoms with Crippen molar-refractivity contribution in [3.05, 3.63) is 45.0 Å². The summed E-state index contributed by atoms with van der Waals surface area (Å²) in [6.45, 7) is 0. The van der Waals surface area contributed by atoms with Gasteiger partial charge in [0, 0.05) is 49.7 Å². The first kappa shape index (κ1) is 16.4. The molecule has 0 spiro atoms. The van der Waals surface area contributed by atoms with Gasteiger partial charge in [0.05, 0.1) is 4.92 Å². The zero-order chi connectivity index (χ0) is 15.8. The van der Waals surface area contributed by atoms with Crippen LogP contribution in [0.2, 0.25) is 5.02 Å². The highest BCUT2D eigenvalue weighted by atomic mass is 79.9. The number of hydrogen-bond acceptors (Lipinski definition) is 4. The molecule has 1 saturated heterocycles. The molecule has 1 heterocycles. The molecule has 0 aromatic heterocycles. The number of hydrogen-bond donors (Lipinski definition) is 0. The molecular weight excluding hydrogens is 431 g/mol. The fourth-order valence-electron chi connectivity index (χ4n) is 2.13. The molecule has 112 valence electrons. The lowest BCUT2D eigenvalue weighted by atomic mass is 10.1. The second-order valence-electron chi connectivity index (χ2n) is 4.46. The first-order valence-electron chi connectivity index (χ1n) is 5.88. The van der Waals surface area contributed by atoms with Crippen LogP contribution in [-0.4, -0.2) is 25.0 Å². The predicted octanol–water partition coefficient (Wildman–Crippen LogP) is 3.25. The molecule has 1 aliphatic heterocycles. The van der Waals surface area contributed by atoms with E-state index in [1.54, 1.807) is 24.3 Å². The molecule has 1 aromatic rings. The Labute approximate surface area is 141 Å². The van der Waals surface area contributed by atoms with E-state index in [2.05, 4.69) is 31.9 Å². The van der Waals surface area contributed by atoms with E-state index in [-0.39, 0.29) is 12.8 Å². The standard InChI is InChI=1S/C12H9Br2ClN2O4/c13-12(14,17(20)21)11(7-1-3-8(15)4-2-7)16-9(18)5-6-10(16)19/h1-4,11H,5-6H2. The van der Waals surface area contributed by atoms with Crippen LogP contribution in [0.15, 0.2) is 24.3 Å². The number of alkyl halides is 2. The smallest absolute Gasteiger partial charge is 0.274 e. The topological polar surface area (TPSA) is 80.5 Å². The molecule has 2 amide bonds. The minimum Gasteiger partial charge on any atom is -0.274 e. The fourth-order valence-corrected chi connectivity index (χ4v) is 3.20. The Morgan fingerprint density at radius 1 is 1.19 bits per heavy atom. The van der Waals surface area contributed by atoms with Gasteiger partial charge in [0.25, 0.3) is 0 Å². The van der Waals surface area contributed by atoms with Gasteiger partial charge in [0.1, 0.15) is 0 Å². The number of amides is 2. The molecule has 1 aliphatic rings. The van der Waals surface area contributed by atoms with E-state index in [1.807, 2.05) is 0 Å². The molecule has 1 aromatic carbocycles. The van der Waals surface area contributed by atoms with Gasteiger partial charge in [-0.15, -0.1) is 0 Å². The van der Waals surface area contributed by atoms with E-state index < -0.39 is 26.1 Å². The normalized spacial score (nSPS) is 17.2. The van der Waals surface area contributed by atoms with Crippen LogP contribution in [0.1, 0.15) is 24.4 Å². The van der Waals surface area contributed by atoms with E-state index in [0.717, 1.165) is 4.90 Å². The second-order valence-corrected chi connectivity index (χ2v) is 8.37. The molecule has 0 bridgehead atoms. The van der Waals surface area contributed by atoms with Crippen molar-refractivity contribution in [2.45, 2.75) is 22.2 Å². The highest BCUT2D eigenvalue weighted by molar-refractivity contribution is 9.25. The molecule has 0 saturated carbocycles. The lowest BCUT2D eigenvalue weighted by Crippen LogP contribution is -2.45. The molecule has 9 heteroatoms. The van der Waals surface area contributed by atoms with Crippen molar-refractivity contribution in [1.82, 2.24) is 4.90 Å². The Hall–Kier alpha value is -0.990. The number of nitrogens with zero attached hydrogens (tertiary/aromatic N) is 2.